The first-order chi connectivity index (χ1) is 8.38. The van der Waals surface area contributed by atoms with Crippen molar-refractivity contribution in [2.45, 2.75) is 12.3 Å². The average Bonchev–Trinajstić information content (AvgIpc) is 2.72. The van der Waals surface area contributed by atoms with Crippen LogP contribution in [0.15, 0.2) is 30.5 Å². The molecule has 0 radical (unpaired) electrons. The van der Waals surface area contributed by atoms with Crippen LogP contribution in [0.4, 0.5) is 0 Å². The molecule has 1 aliphatic rings. The summed E-state index contributed by atoms with van der Waals surface area (Å²) in [7, 11) is 0. The number of rotatable bonds is 4. The lowest BCUT2D eigenvalue weighted by Crippen LogP contribution is -2.29. The zero-order valence-electron chi connectivity index (χ0n) is 9.73. The summed E-state index contributed by atoms with van der Waals surface area (Å²) in [5.74, 6) is 0.834. The molecular formula is C14H17NO2. The van der Waals surface area contributed by atoms with Crippen LogP contribution in [0.25, 0.3) is 10.9 Å². The summed E-state index contributed by atoms with van der Waals surface area (Å²) < 4.78 is 5.20. The van der Waals surface area contributed by atoms with Gasteiger partial charge in [-0.25, -0.2) is 0 Å². The van der Waals surface area contributed by atoms with E-state index in [2.05, 4.69) is 17.1 Å². The number of hydrogen-bond donors (Lipinski definition) is 2. The highest BCUT2D eigenvalue weighted by atomic mass is 16.5. The van der Waals surface area contributed by atoms with Gasteiger partial charge in [0.15, 0.2) is 0 Å². The maximum absolute atomic E-state index is 9.57. The van der Waals surface area contributed by atoms with E-state index in [0.717, 1.165) is 25.2 Å². The van der Waals surface area contributed by atoms with E-state index < -0.39 is 0 Å². The number of aromatic amines is 1. The lowest BCUT2D eigenvalue weighted by atomic mass is 9.88. The van der Waals surface area contributed by atoms with Crippen LogP contribution in [0.3, 0.4) is 0 Å². The Morgan fingerprint density at radius 1 is 1.35 bits per heavy atom. The number of aromatic nitrogens is 1. The molecule has 3 heteroatoms. The normalized spacial score (nSPS) is 18.2. The van der Waals surface area contributed by atoms with E-state index in [9.17, 15) is 5.11 Å². The largest absolute Gasteiger partial charge is 0.396 e. The number of aliphatic hydroxyl groups excluding tert-OH is 1. The van der Waals surface area contributed by atoms with Crippen LogP contribution in [0.1, 0.15) is 17.9 Å². The number of para-hydroxylation sites is 1. The molecule has 2 heterocycles. The van der Waals surface area contributed by atoms with Crippen molar-refractivity contribution >= 4 is 10.9 Å². The van der Waals surface area contributed by atoms with E-state index >= 15 is 0 Å². The van der Waals surface area contributed by atoms with Crippen molar-refractivity contribution in [1.82, 2.24) is 4.98 Å². The minimum Gasteiger partial charge on any atom is -0.396 e. The standard InChI is InChI=1S/C14H17NO2/c16-7-11(5-10-8-17-9-10)13-6-15-14-4-2-1-3-12(13)14/h1-4,6,10-11,15-16H,5,7-9H2. The molecule has 17 heavy (non-hydrogen) atoms. The van der Waals surface area contributed by atoms with Crippen LogP contribution in [0, 0.1) is 5.92 Å². The molecule has 2 N–H and O–H groups in total. The lowest BCUT2D eigenvalue weighted by molar-refractivity contribution is -0.0404. The van der Waals surface area contributed by atoms with Crippen molar-refractivity contribution in [3.63, 3.8) is 0 Å². The molecule has 0 aliphatic carbocycles. The predicted octanol–water partition coefficient (Wildman–Crippen LogP) is 2.28. The van der Waals surface area contributed by atoms with E-state index in [4.69, 9.17) is 4.74 Å². The van der Waals surface area contributed by atoms with Gasteiger partial charge in [0.05, 0.1) is 19.8 Å². The fourth-order valence-corrected chi connectivity index (χ4v) is 2.55. The van der Waals surface area contributed by atoms with E-state index in [1.54, 1.807) is 0 Å². The number of nitrogens with one attached hydrogen (secondary N) is 1. The monoisotopic (exact) mass is 231 g/mol. The molecule has 1 fully saturated rings. The summed E-state index contributed by atoms with van der Waals surface area (Å²) in [6.07, 6.45) is 3.05. The fraction of sp³-hybridized carbons (Fsp3) is 0.429. The first kappa shape index (κ1) is 10.8. The SMILES string of the molecule is OCC(CC1COC1)c1c[nH]c2ccccc12. The molecule has 2 aromatic rings. The van der Waals surface area contributed by atoms with Crippen molar-refractivity contribution in [3.05, 3.63) is 36.0 Å². The van der Waals surface area contributed by atoms with E-state index in [0.29, 0.717) is 5.92 Å². The van der Waals surface area contributed by atoms with Crippen molar-refractivity contribution in [3.8, 4) is 0 Å². The Kier molecular flexibility index (Phi) is 2.87. The van der Waals surface area contributed by atoms with Crippen molar-refractivity contribution < 1.29 is 9.84 Å². The van der Waals surface area contributed by atoms with Gasteiger partial charge in [-0.05, 0) is 18.1 Å². The van der Waals surface area contributed by atoms with Gasteiger partial charge in [-0.15, -0.1) is 0 Å². The molecule has 0 saturated carbocycles. The summed E-state index contributed by atoms with van der Waals surface area (Å²) in [5.41, 5.74) is 2.38. The van der Waals surface area contributed by atoms with Crippen molar-refractivity contribution in [1.29, 1.82) is 0 Å². The molecule has 3 rings (SSSR count). The molecular weight excluding hydrogens is 214 g/mol. The van der Waals surface area contributed by atoms with E-state index in [1.165, 1.54) is 10.9 Å². The zero-order chi connectivity index (χ0) is 11.7. The fourth-order valence-electron chi connectivity index (χ4n) is 2.55. The molecule has 0 bridgehead atoms. The summed E-state index contributed by atoms with van der Waals surface area (Å²) >= 11 is 0. The Bertz CT molecular complexity index is 502. The number of ether oxygens (including phenoxy) is 1. The second-order valence-electron chi connectivity index (χ2n) is 4.81. The molecule has 1 atom stereocenters. The van der Waals surface area contributed by atoms with Gasteiger partial charge in [-0.2, -0.15) is 0 Å². The van der Waals surface area contributed by atoms with Crippen LogP contribution >= 0.6 is 0 Å². The van der Waals surface area contributed by atoms with Crippen LogP contribution in [-0.4, -0.2) is 29.9 Å². The number of hydrogen-bond acceptors (Lipinski definition) is 2. The van der Waals surface area contributed by atoms with Crippen molar-refractivity contribution in [2.75, 3.05) is 19.8 Å². The van der Waals surface area contributed by atoms with Crippen LogP contribution in [-0.2, 0) is 4.74 Å². The Labute approximate surface area is 100 Å². The quantitative estimate of drug-likeness (QED) is 0.848. The Hall–Kier alpha value is -1.32. The molecule has 3 nitrogen and oxygen atoms in total. The second-order valence-corrected chi connectivity index (χ2v) is 4.81. The van der Waals surface area contributed by atoms with Gasteiger partial charge in [0, 0.05) is 28.9 Å². The van der Waals surface area contributed by atoms with Gasteiger partial charge in [0.25, 0.3) is 0 Å². The van der Waals surface area contributed by atoms with Gasteiger partial charge in [0.2, 0.25) is 0 Å². The summed E-state index contributed by atoms with van der Waals surface area (Å²) in [5, 5.41) is 10.8. The van der Waals surface area contributed by atoms with Crippen LogP contribution in [0.5, 0.6) is 0 Å². The maximum Gasteiger partial charge on any atom is 0.0516 e. The Morgan fingerprint density at radius 3 is 2.88 bits per heavy atom. The lowest BCUT2D eigenvalue weighted by Gasteiger charge is -2.29. The number of aliphatic hydroxyl groups is 1. The third kappa shape index (κ3) is 1.96. The Morgan fingerprint density at radius 2 is 2.18 bits per heavy atom. The zero-order valence-corrected chi connectivity index (χ0v) is 9.73. The summed E-state index contributed by atoms with van der Waals surface area (Å²) in [6, 6.07) is 8.25. The smallest absolute Gasteiger partial charge is 0.0516 e. The highest BCUT2D eigenvalue weighted by molar-refractivity contribution is 5.83. The summed E-state index contributed by atoms with van der Waals surface area (Å²) in [4.78, 5) is 3.27. The van der Waals surface area contributed by atoms with Gasteiger partial charge in [-0.1, -0.05) is 18.2 Å². The number of benzene rings is 1. The molecule has 90 valence electrons. The second kappa shape index (κ2) is 4.51. The van der Waals surface area contributed by atoms with Gasteiger partial charge >= 0.3 is 0 Å². The number of H-pyrrole nitrogens is 1. The molecule has 1 aromatic heterocycles. The summed E-state index contributed by atoms with van der Waals surface area (Å²) in [6.45, 7) is 1.90. The van der Waals surface area contributed by atoms with Gasteiger partial charge < -0.3 is 14.8 Å². The third-order valence-electron chi connectivity index (χ3n) is 3.61. The topological polar surface area (TPSA) is 45.2 Å². The molecule has 0 spiro atoms. The minimum atomic E-state index is 0.207. The molecule has 1 aliphatic heterocycles. The molecule has 1 saturated heterocycles. The van der Waals surface area contributed by atoms with Crippen LogP contribution in [0.2, 0.25) is 0 Å². The van der Waals surface area contributed by atoms with Crippen molar-refractivity contribution in [2.24, 2.45) is 5.92 Å². The van der Waals surface area contributed by atoms with Gasteiger partial charge in [0.1, 0.15) is 0 Å². The highest BCUT2D eigenvalue weighted by Crippen LogP contribution is 2.31. The molecule has 1 aromatic carbocycles. The molecule has 1 unspecified atom stereocenters. The Balaban J connectivity index is 1.89. The maximum atomic E-state index is 9.57. The highest BCUT2D eigenvalue weighted by Gasteiger charge is 2.24. The van der Waals surface area contributed by atoms with E-state index in [-0.39, 0.29) is 12.5 Å². The van der Waals surface area contributed by atoms with E-state index in [1.807, 2.05) is 18.3 Å². The average molecular weight is 231 g/mol. The minimum absolute atomic E-state index is 0.207. The van der Waals surface area contributed by atoms with Gasteiger partial charge in [-0.3, -0.25) is 0 Å². The first-order valence-electron chi connectivity index (χ1n) is 6.13. The van der Waals surface area contributed by atoms with Crippen LogP contribution < -0.4 is 0 Å². The third-order valence-corrected chi connectivity index (χ3v) is 3.61. The number of fused-ring (bicyclic) bond motifs is 1. The predicted molar refractivity (Wildman–Crippen MR) is 67.1 cm³/mol. The first-order valence-corrected chi connectivity index (χ1v) is 6.13. The molecule has 0 amide bonds.